The molecule has 1 unspecified atom stereocenters. The summed E-state index contributed by atoms with van der Waals surface area (Å²) in [6, 6.07) is 18.2. The second-order valence-electron chi connectivity index (χ2n) is 11.3. The van der Waals surface area contributed by atoms with Gasteiger partial charge in [-0.2, -0.15) is 5.10 Å². The third-order valence-corrected chi connectivity index (χ3v) is 8.22. The predicted molar refractivity (Wildman–Crippen MR) is 188 cm³/mol. The minimum atomic E-state index is -4.76. The van der Waals surface area contributed by atoms with Crippen LogP contribution in [0.25, 0.3) is 0 Å². The fourth-order valence-electron chi connectivity index (χ4n) is 4.92. The van der Waals surface area contributed by atoms with Gasteiger partial charge in [0, 0.05) is 18.7 Å². The van der Waals surface area contributed by atoms with Crippen LogP contribution in [0.3, 0.4) is 0 Å². The van der Waals surface area contributed by atoms with Crippen molar-refractivity contribution in [1.82, 2.24) is 15.6 Å². The number of hydrogen-bond acceptors (Lipinski definition) is 7. The lowest BCUT2D eigenvalue weighted by Crippen LogP contribution is -2.39. The molecule has 1 aliphatic rings. The Hall–Kier alpha value is -4.69. The van der Waals surface area contributed by atoms with Gasteiger partial charge in [-0.25, -0.2) is 15.0 Å². The van der Waals surface area contributed by atoms with Crippen molar-refractivity contribution in [3.63, 3.8) is 0 Å². The molecule has 1 amide bonds. The van der Waals surface area contributed by atoms with Crippen LogP contribution in [0.5, 0.6) is 5.75 Å². The highest BCUT2D eigenvalue weighted by atomic mass is 32.2. The number of carbonyl (C=O) groups excluding carboxylic acids is 1. The van der Waals surface area contributed by atoms with Gasteiger partial charge in [0.15, 0.2) is 5.17 Å². The maximum atomic E-state index is 12.7. The Bertz CT molecular complexity index is 1620. The molecule has 0 radical (unpaired) electrons. The molecule has 3 aromatic rings. The summed E-state index contributed by atoms with van der Waals surface area (Å²) in [5, 5.41) is 7.93. The number of amides is 1. The fraction of sp³-hybridized carbons (Fsp3) is 0.324. The highest BCUT2D eigenvalue weighted by molar-refractivity contribution is 8.14. The summed E-state index contributed by atoms with van der Waals surface area (Å²) >= 11 is 1.29. The smallest absolute Gasteiger partial charge is 0.406 e. The number of nitrogens with two attached hydrogens (primary N) is 1. The number of hydrazone groups is 1. The molecular formula is C34H39F3N8O2S. The molecule has 1 aliphatic heterocycles. The topological polar surface area (TPSA) is 129 Å². The Balaban J connectivity index is 1.35. The number of alkyl halides is 3. The third kappa shape index (κ3) is 12.2. The van der Waals surface area contributed by atoms with Gasteiger partial charge in [0.2, 0.25) is 5.91 Å². The Morgan fingerprint density at radius 2 is 1.79 bits per heavy atom. The van der Waals surface area contributed by atoms with Crippen LogP contribution >= 0.6 is 11.8 Å². The number of aliphatic imine (C=N–C) groups is 3. The van der Waals surface area contributed by atoms with Crippen LogP contribution in [0.2, 0.25) is 0 Å². The van der Waals surface area contributed by atoms with Gasteiger partial charge < -0.3 is 20.7 Å². The Labute approximate surface area is 282 Å². The predicted octanol–water partition coefficient (Wildman–Crippen LogP) is 6.07. The van der Waals surface area contributed by atoms with Crippen LogP contribution in [0.15, 0.2) is 86.8 Å². The Kier molecular flexibility index (Phi) is 13.1. The highest BCUT2D eigenvalue weighted by Crippen LogP contribution is 2.26. The van der Waals surface area contributed by atoms with Crippen LogP contribution in [0, 0.1) is 19.8 Å². The van der Waals surface area contributed by atoms with Gasteiger partial charge in [0.25, 0.3) is 0 Å². The maximum Gasteiger partial charge on any atom is 0.573 e. The third-order valence-electron chi connectivity index (χ3n) is 7.36. The SMILES string of the molecule is Cc1cccc(C)c1N=C(N/N=C/c1ccc(C(N)=NC=Nc2ccc(OC(F)(F)F)cc2)cc1)SCC(=O)NCC1CCCN(C)C1. The van der Waals surface area contributed by atoms with Crippen molar-refractivity contribution in [1.29, 1.82) is 0 Å². The molecule has 0 spiro atoms. The van der Waals surface area contributed by atoms with Crippen molar-refractivity contribution < 1.29 is 22.7 Å². The lowest BCUT2D eigenvalue weighted by Gasteiger charge is -2.29. The lowest BCUT2D eigenvalue weighted by atomic mass is 9.98. The molecule has 1 atom stereocenters. The second-order valence-corrected chi connectivity index (χ2v) is 12.3. The zero-order valence-corrected chi connectivity index (χ0v) is 27.8. The summed E-state index contributed by atoms with van der Waals surface area (Å²) in [6.07, 6.45) is 0.353. The summed E-state index contributed by atoms with van der Waals surface area (Å²) < 4.78 is 40.8. The first kappa shape index (κ1) is 36.2. The van der Waals surface area contributed by atoms with Gasteiger partial charge in [-0.3, -0.25) is 10.2 Å². The number of para-hydroxylation sites is 1. The number of aryl methyl sites for hydroxylation is 2. The summed E-state index contributed by atoms with van der Waals surface area (Å²) in [5.74, 6) is 0.462. The minimum absolute atomic E-state index is 0.0541. The summed E-state index contributed by atoms with van der Waals surface area (Å²) in [7, 11) is 2.11. The van der Waals surface area contributed by atoms with E-state index >= 15 is 0 Å². The monoisotopic (exact) mass is 680 g/mol. The van der Waals surface area contributed by atoms with Crippen molar-refractivity contribution in [2.45, 2.75) is 33.1 Å². The van der Waals surface area contributed by atoms with Gasteiger partial charge in [0.05, 0.1) is 23.3 Å². The molecule has 1 heterocycles. The Morgan fingerprint density at radius 3 is 2.46 bits per heavy atom. The number of carbonyl (C=O) groups is 1. The van der Waals surface area contributed by atoms with Gasteiger partial charge >= 0.3 is 6.36 Å². The van der Waals surface area contributed by atoms with E-state index in [-0.39, 0.29) is 23.2 Å². The lowest BCUT2D eigenvalue weighted by molar-refractivity contribution is -0.274. The number of hydrogen-bond donors (Lipinski definition) is 3. The maximum absolute atomic E-state index is 12.7. The zero-order valence-electron chi connectivity index (χ0n) is 27.0. The number of nitrogens with zero attached hydrogens (tertiary/aromatic N) is 5. The van der Waals surface area contributed by atoms with Crippen molar-refractivity contribution in [3.8, 4) is 5.75 Å². The first-order chi connectivity index (χ1) is 22.9. The van der Waals surface area contributed by atoms with E-state index < -0.39 is 6.36 Å². The normalized spacial score (nSPS) is 16.4. The number of nitrogens with one attached hydrogen (secondary N) is 2. The van der Waals surface area contributed by atoms with E-state index in [1.807, 2.05) is 44.2 Å². The van der Waals surface area contributed by atoms with E-state index in [0.29, 0.717) is 28.9 Å². The molecule has 1 fully saturated rings. The number of thioether (sulfide) groups is 1. The molecule has 1 saturated heterocycles. The number of amidine groups is 2. The van der Waals surface area contributed by atoms with Gasteiger partial charge in [-0.1, -0.05) is 54.2 Å². The van der Waals surface area contributed by atoms with Crippen molar-refractivity contribution in [2.24, 2.45) is 31.7 Å². The van der Waals surface area contributed by atoms with E-state index in [9.17, 15) is 18.0 Å². The molecule has 0 aromatic heterocycles. The van der Waals surface area contributed by atoms with Crippen LogP contribution < -0.4 is 21.2 Å². The summed E-state index contributed by atoms with van der Waals surface area (Å²) in [5.41, 5.74) is 13.7. The zero-order chi connectivity index (χ0) is 34.5. The average Bonchev–Trinajstić information content (AvgIpc) is 3.04. The fourth-order valence-corrected chi connectivity index (χ4v) is 5.57. The van der Waals surface area contributed by atoms with Crippen LogP contribution in [-0.4, -0.2) is 73.2 Å². The first-order valence-corrected chi connectivity index (χ1v) is 16.3. The van der Waals surface area contributed by atoms with Crippen molar-refractivity contribution in [3.05, 3.63) is 89.0 Å². The van der Waals surface area contributed by atoms with Crippen LogP contribution in [-0.2, 0) is 4.79 Å². The molecule has 4 rings (SSSR count). The van der Waals surface area contributed by atoms with Crippen LogP contribution in [0.4, 0.5) is 24.5 Å². The number of rotatable bonds is 11. The molecule has 3 aromatic carbocycles. The molecule has 48 heavy (non-hydrogen) atoms. The molecule has 0 saturated carbocycles. The van der Waals surface area contributed by atoms with Gasteiger partial charge in [0.1, 0.15) is 17.9 Å². The summed E-state index contributed by atoms with van der Waals surface area (Å²) in [6.45, 7) is 6.73. The Morgan fingerprint density at radius 1 is 1.08 bits per heavy atom. The molecule has 0 aliphatic carbocycles. The van der Waals surface area contributed by atoms with E-state index in [0.717, 1.165) is 60.4 Å². The number of piperidine rings is 1. The standard InChI is InChI=1S/C34H39F3N8O2S/c1-23-6-4-7-24(2)31(23)43-33(48-21-30(46)39-18-26-8-5-17-45(3)20-26)44-42-19-25-9-11-27(12-10-25)32(38)41-22-40-28-13-15-29(16-14-28)47-34(35,36)37/h4,6-7,9-16,19,22,26H,5,8,17-18,20-21H2,1-3H3,(H,39,46)(H,43,44)(H2,38,40,41)/b42-19+. The molecule has 14 heteroatoms. The molecular weight excluding hydrogens is 641 g/mol. The number of ether oxygens (including phenoxy) is 1. The van der Waals surface area contributed by atoms with E-state index in [1.54, 1.807) is 18.3 Å². The first-order valence-electron chi connectivity index (χ1n) is 15.3. The second kappa shape index (κ2) is 17.5. The molecule has 10 nitrogen and oxygen atoms in total. The molecule has 254 valence electrons. The molecule has 0 bridgehead atoms. The number of benzene rings is 3. The van der Waals surface area contributed by atoms with Gasteiger partial charge in [-0.15, -0.1) is 13.2 Å². The van der Waals surface area contributed by atoms with Crippen LogP contribution in [0.1, 0.15) is 35.1 Å². The largest absolute Gasteiger partial charge is 0.573 e. The number of halogens is 3. The average molecular weight is 681 g/mol. The van der Waals surface area contributed by atoms with E-state index in [1.165, 1.54) is 30.2 Å². The van der Waals surface area contributed by atoms with Gasteiger partial charge in [-0.05, 0) is 87.2 Å². The van der Waals surface area contributed by atoms with E-state index in [2.05, 4.69) is 42.5 Å². The number of likely N-dealkylation sites (tertiary alicyclic amines) is 1. The minimum Gasteiger partial charge on any atom is -0.406 e. The molecule has 4 N–H and O–H groups in total. The van der Waals surface area contributed by atoms with Crippen molar-refractivity contribution >= 4 is 52.6 Å². The quantitative estimate of drug-likeness (QED) is 0.128. The highest BCUT2D eigenvalue weighted by Gasteiger charge is 2.31. The van der Waals surface area contributed by atoms with E-state index in [4.69, 9.17) is 10.7 Å². The summed E-state index contributed by atoms with van der Waals surface area (Å²) in [4.78, 5) is 28.0. The van der Waals surface area contributed by atoms with Crippen molar-refractivity contribution in [2.75, 3.05) is 32.4 Å².